The van der Waals surface area contributed by atoms with Crippen LogP contribution in [-0.4, -0.2) is 9.52 Å². The average molecular weight is 427 g/mol. The normalized spacial score (nSPS) is 17.6. The van der Waals surface area contributed by atoms with Gasteiger partial charge in [0.05, 0.1) is 9.52 Å². The molecule has 0 nitrogen and oxygen atoms in total. The molecule has 0 saturated heterocycles. The Kier molecular flexibility index (Phi) is 5.29. The molecule has 0 N–H and O–H groups in total. The van der Waals surface area contributed by atoms with E-state index in [0.29, 0.717) is 0 Å². The van der Waals surface area contributed by atoms with Crippen molar-refractivity contribution >= 4 is 20.7 Å². The first-order valence-corrected chi connectivity index (χ1v) is 13.1. The highest BCUT2D eigenvalue weighted by atomic mass is 28.2. The van der Waals surface area contributed by atoms with Gasteiger partial charge in [0.1, 0.15) is 0 Å². The van der Waals surface area contributed by atoms with Gasteiger partial charge in [-0.05, 0) is 83.1 Å². The summed E-state index contributed by atoms with van der Waals surface area (Å²) in [5.41, 5.74) is 18.6. The standard InChI is InChI=1S/C30H38Si/c1-17-19(3)27(21-13-11-15-23(25(17)21)29(5,6)7)31-28-20(4)18(2)26-22(28)14-12-16-24(26)30(8,9)10/h11-16H,31H2,1-10H3. The van der Waals surface area contributed by atoms with Gasteiger partial charge in [-0.2, -0.15) is 0 Å². The molecule has 162 valence electrons. The third-order valence-electron chi connectivity index (χ3n) is 7.53. The maximum atomic E-state index is 2.38. The molecule has 2 aromatic rings. The van der Waals surface area contributed by atoms with Gasteiger partial charge in [-0.3, -0.25) is 0 Å². The Morgan fingerprint density at radius 2 is 0.871 bits per heavy atom. The molecule has 0 spiro atoms. The zero-order valence-corrected chi connectivity index (χ0v) is 22.6. The Bertz CT molecular complexity index is 1020. The molecule has 2 aliphatic carbocycles. The molecule has 0 saturated carbocycles. The van der Waals surface area contributed by atoms with Crippen molar-refractivity contribution < 1.29 is 0 Å². The first-order chi connectivity index (χ1) is 14.3. The first kappa shape index (κ1) is 22.3. The summed E-state index contributed by atoms with van der Waals surface area (Å²) in [5.74, 6) is 0. The molecule has 0 atom stereocenters. The van der Waals surface area contributed by atoms with Crippen LogP contribution in [0, 0.1) is 11.1 Å². The number of rotatable bonds is 2. The lowest BCUT2D eigenvalue weighted by molar-refractivity contribution is 0.588. The molecule has 4 rings (SSSR count). The summed E-state index contributed by atoms with van der Waals surface area (Å²) in [7, 11) is -0.614. The fraction of sp³-hybridized carbons (Fsp3) is 0.400. The van der Waals surface area contributed by atoms with Crippen molar-refractivity contribution in [3.8, 4) is 0 Å². The summed E-state index contributed by atoms with van der Waals surface area (Å²) >= 11 is 0. The van der Waals surface area contributed by atoms with Crippen molar-refractivity contribution in [2.24, 2.45) is 0 Å². The van der Waals surface area contributed by atoms with Gasteiger partial charge in [0.15, 0.2) is 0 Å². The second-order valence-corrected chi connectivity index (χ2v) is 13.4. The Balaban J connectivity index is 1.81. The van der Waals surface area contributed by atoms with Crippen LogP contribution >= 0.6 is 0 Å². The molecule has 0 aromatic heterocycles. The van der Waals surface area contributed by atoms with Gasteiger partial charge in [0, 0.05) is 11.1 Å². The largest absolute Gasteiger partial charge is 0.0617 e. The lowest BCUT2D eigenvalue weighted by Crippen LogP contribution is -2.20. The van der Waals surface area contributed by atoms with Crippen LogP contribution in [0.25, 0.3) is 11.1 Å². The van der Waals surface area contributed by atoms with E-state index in [-0.39, 0.29) is 10.8 Å². The minimum Gasteiger partial charge on any atom is -0.0617 e. The number of allylic oxidation sites excluding steroid dienone is 4. The summed E-state index contributed by atoms with van der Waals surface area (Å²) in [6.07, 6.45) is 0. The average Bonchev–Trinajstić information content (AvgIpc) is 3.07. The van der Waals surface area contributed by atoms with E-state index in [4.69, 9.17) is 0 Å². The zero-order valence-electron chi connectivity index (χ0n) is 21.2. The Labute approximate surface area is 192 Å². The molecule has 2 radical (unpaired) electrons. The summed E-state index contributed by atoms with van der Waals surface area (Å²) < 4.78 is 0. The fourth-order valence-corrected chi connectivity index (χ4v) is 7.91. The van der Waals surface area contributed by atoms with Crippen LogP contribution in [0.15, 0.2) is 47.5 Å². The summed E-state index contributed by atoms with van der Waals surface area (Å²) in [5, 5.41) is 0. The van der Waals surface area contributed by atoms with E-state index in [1.54, 1.807) is 11.1 Å². The molecule has 1 heteroatoms. The molecule has 0 fully saturated rings. The molecular weight excluding hydrogens is 388 g/mol. The van der Waals surface area contributed by atoms with Crippen LogP contribution in [0.1, 0.15) is 103 Å². The van der Waals surface area contributed by atoms with Gasteiger partial charge in [0.25, 0.3) is 0 Å². The summed E-state index contributed by atoms with van der Waals surface area (Å²) in [4.78, 5) is 0. The predicted molar refractivity (Wildman–Crippen MR) is 140 cm³/mol. The molecule has 0 aliphatic heterocycles. The quantitative estimate of drug-likeness (QED) is 0.435. The van der Waals surface area contributed by atoms with Crippen LogP contribution in [0.4, 0.5) is 0 Å². The maximum absolute atomic E-state index is 2.38. The second kappa shape index (κ2) is 7.34. The summed E-state index contributed by atoms with van der Waals surface area (Å²) in [6.45, 7) is 23.4. The Morgan fingerprint density at radius 1 is 0.516 bits per heavy atom. The third-order valence-corrected chi connectivity index (χ3v) is 10.1. The number of fused-ring (bicyclic) bond motifs is 2. The fourth-order valence-electron chi connectivity index (χ4n) is 5.53. The Morgan fingerprint density at radius 3 is 1.19 bits per heavy atom. The van der Waals surface area contributed by atoms with E-state index in [1.807, 2.05) is 0 Å². The number of benzene rings is 2. The molecule has 31 heavy (non-hydrogen) atoms. The zero-order chi connectivity index (χ0) is 22.9. The molecule has 0 bridgehead atoms. The van der Waals surface area contributed by atoms with E-state index in [1.165, 1.54) is 55.7 Å². The van der Waals surface area contributed by atoms with Gasteiger partial charge in [-0.15, -0.1) is 0 Å². The molecular formula is C30H38Si. The van der Waals surface area contributed by atoms with Gasteiger partial charge in [0.2, 0.25) is 0 Å². The number of hydrogen-bond donors (Lipinski definition) is 0. The highest BCUT2D eigenvalue weighted by molar-refractivity contribution is 6.56. The van der Waals surface area contributed by atoms with Crippen molar-refractivity contribution in [1.29, 1.82) is 0 Å². The first-order valence-electron chi connectivity index (χ1n) is 11.7. The minimum atomic E-state index is -0.614. The van der Waals surface area contributed by atoms with E-state index in [0.717, 1.165) is 0 Å². The third kappa shape index (κ3) is 3.50. The van der Waals surface area contributed by atoms with Crippen LogP contribution < -0.4 is 0 Å². The molecule has 0 amide bonds. The monoisotopic (exact) mass is 426 g/mol. The van der Waals surface area contributed by atoms with E-state index in [9.17, 15) is 0 Å². The van der Waals surface area contributed by atoms with Crippen LogP contribution in [-0.2, 0) is 10.8 Å². The maximum Gasteiger partial charge on any atom is 0.0575 e. The minimum absolute atomic E-state index is 0.158. The predicted octanol–water partition coefficient (Wildman–Crippen LogP) is 7.52. The van der Waals surface area contributed by atoms with Gasteiger partial charge in [-0.25, -0.2) is 0 Å². The van der Waals surface area contributed by atoms with E-state index in [2.05, 4.69) is 106 Å². The summed E-state index contributed by atoms with van der Waals surface area (Å²) in [6, 6.07) is 14.0. The SMILES string of the molecule is CC1=C(C)c2c(cccc2C(C)(C)C)[C]1[SiH2][C]1C(C)=C(C)c2c1cccc2C(C)(C)C. The van der Waals surface area contributed by atoms with Crippen LogP contribution in [0.2, 0.25) is 0 Å². The molecule has 0 unspecified atom stereocenters. The highest BCUT2D eigenvalue weighted by Gasteiger charge is 2.38. The molecule has 2 aromatic carbocycles. The van der Waals surface area contributed by atoms with Gasteiger partial charge in [-0.1, -0.05) is 89.1 Å². The van der Waals surface area contributed by atoms with Crippen molar-refractivity contribution in [2.45, 2.75) is 80.1 Å². The molecule has 0 heterocycles. The topological polar surface area (TPSA) is 0 Å². The smallest absolute Gasteiger partial charge is 0.0575 e. The lowest BCUT2D eigenvalue weighted by Gasteiger charge is -2.25. The van der Waals surface area contributed by atoms with Crippen molar-refractivity contribution in [3.05, 3.63) is 92.0 Å². The van der Waals surface area contributed by atoms with Gasteiger partial charge >= 0.3 is 0 Å². The second-order valence-electron chi connectivity index (χ2n) is 11.6. The van der Waals surface area contributed by atoms with Crippen molar-refractivity contribution in [3.63, 3.8) is 0 Å². The number of hydrogen-bond acceptors (Lipinski definition) is 0. The van der Waals surface area contributed by atoms with Crippen LogP contribution in [0.3, 0.4) is 0 Å². The van der Waals surface area contributed by atoms with E-state index >= 15 is 0 Å². The van der Waals surface area contributed by atoms with E-state index < -0.39 is 9.52 Å². The highest BCUT2D eigenvalue weighted by Crippen LogP contribution is 2.50. The van der Waals surface area contributed by atoms with Crippen molar-refractivity contribution in [1.82, 2.24) is 0 Å². The lowest BCUT2D eigenvalue weighted by atomic mass is 9.81. The van der Waals surface area contributed by atoms with Gasteiger partial charge < -0.3 is 0 Å². The van der Waals surface area contributed by atoms with Crippen LogP contribution in [0.5, 0.6) is 0 Å². The molecule has 2 aliphatic rings. The van der Waals surface area contributed by atoms with Crippen molar-refractivity contribution in [2.75, 3.05) is 0 Å². The Hall–Kier alpha value is -1.86.